The maximum atomic E-state index is 13.0. The molecule has 0 spiro atoms. The summed E-state index contributed by atoms with van der Waals surface area (Å²) in [6.45, 7) is -1.98. The second kappa shape index (κ2) is 6.51. The largest absolute Gasteiger partial charge is 0.418 e. The number of halogens is 5. The quantitative estimate of drug-likeness (QED) is 0.803. The summed E-state index contributed by atoms with van der Waals surface area (Å²) in [6, 6.07) is 4.54. The molecule has 24 heavy (non-hydrogen) atoms. The summed E-state index contributed by atoms with van der Waals surface area (Å²) < 4.78 is 65.6. The van der Waals surface area contributed by atoms with E-state index in [1.165, 1.54) is 12.1 Å². The van der Waals surface area contributed by atoms with Crippen molar-refractivity contribution in [2.75, 3.05) is 13.1 Å². The maximum absolute atomic E-state index is 13.0. The molecule has 0 unspecified atom stereocenters. The molecule has 0 fully saturated rings. The fourth-order valence-electron chi connectivity index (χ4n) is 1.77. The predicted molar refractivity (Wildman–Crippen MR) is 72.7 cm³/mol. The minimum atomic E-state index is -4.63. The first kappa shape index (κ1) is 17.8. The van der Waals surface area contributed by atoms with Crippen LogP contribution in [0.4, 0.5) is 22.0 Å². The molecule has 0 bridgehead atoms. The van der Waals surface area contributed by atoms with Crippen molar-refractivity contribution in [1.29, 1.82) is 0 Å². The van der Waals surface area contributed by atoms with Gasteiger partial charge in [0.1, 0.15) is 0 Å². The van der Waals surface area contributed by atoms with Crippen molar-refractivity contribution < 1.29 is 26.7 Å². The molecule has 11 heteroatoms. The van der Waals surface area contributed by atoms with Crippen LogP contribution in [0.25, 0.3) is 5.69 Å². The van der Waals surface area contributed by atoms with Gasteiger partial charge in [-0.15, -0.1) is 5.10 Å². The Morgan fingerprint density at radius 2 is 1.88 bits per heavy atom. The lowest BCUT2D eigenvalue weighted by Crippen LogP contribution is -2.41. The second-order valence-electron chi connectivity index (χ2n) is 4.81. The molecule has 0 saturated heterocycles. The smallest absolute Gasteiger partial charge is 0.344 e. The van der Waals surface area contributed by atoms with Crippen molar-refractivity contribution >= 4 is 5.91 Å². The molecule has 130 valence electrons. The lowest BCUT2D eigenvalue weighted by atomic mass is 10.1. The minimum absolute atomic E-state index is 0.344. The third kappa shape index (κ3) is 4.04. The number of hydrogen-bond acceptors (Lipinski definition) is 4. The third-order valence-electron chi connectivity index (χ3n) is 2.99. The standard InChI is InChI=1S/C13H12F5N5O/c14-12(15,6-19)7-20-11(24)9-5-23(22-21-9)10-4-2-1-3-8(10)13(16,17)18/h1-5H,6-7,19H2,(H,20,24). The van der Waals surface area contributed by atoms with E-state index in [0.29, 0.717) is 0 Å². The number of carbonyl (C=O) groups excluding carboxylic acids is 1. The van der Waals surface area contributed by atoms with Crippen molar-refractivity contribution in [2.45, 2.75) is 12.1 Å². The van der Waals surface area contributed by atoms with Gasteiger partial charge in [-0.2, -0.15) is 13.2 Å². The monoisotopic (exact) mass is 349 g/mol. The Morgan fingerprint density at radius 1 is 1.21 bits per heavy atom. The fraction of sp³-hybridized carbons (Fsp3) is 0.308. The van der Waals surface area contributed by atoms with Gasteiger partial charge < -0.3 is 11.1 Å². The summed E-state index contributed by atoms with van der Waals surface area (Å²) in [5.41, 5.74) is 3.11. The molecule has 1 heterocycles. The molecule has 0 aliphatic heterocycles. The van der Waals surface area contributed by atoms with Crippen LogP contribution < -0.4 is 11.1 Å². The molecule has 1 aromatic heterocycles. The summed E-state index contributed by atoms with van der Waals surface area (Å²) in [6.07, 6.45) is -3.71. The average Bonchev–Trinajstić information content (AvgIpc) is 3.02. The van der Waals surface area contributed by atoms with E-state index >= 15 is 0 Å². The number of nitrogens with one attached hydrogen (secondary N) is 1. The van der Waals surface area contributed by atoms with Crippen molar-refractivity contribution in [3.05, 3.63) is 41.7 Å². The molecule has 2 rings (SSSR count). The molecule has 2 aromatic rings. The Labute approximate surface area is 132 Å². The number of para-hydroxylation sites is 1. The Bertz CT molecular complexity index is 728. The van der Waals surface area contributed by atoms with Crippen LogP contribution in [0, 0.1) is 0 Å². The highest BCUT2D eigenvalue weighted by molar-refractivity contribution is 5.91. The molecule has 0 saturated carbocycles. The van der Waals surface area contributed by atoms with Gasteiger partial charge in [0.15, 0.2) is 5.69 Å². The summed E-state index contributed by atoms with van der Waals surface area (Å²) in [5.74, 6) is -4.30. The number of benzene rings is 1. The van der Waals surface area contributed by atoms with Crippen molar-refractivity contribution in [3.8, 4) is 5.69 Å². The molecule has 1 amide bonds. The maximum Gasteiger partial charge on any atom is 0.418 e. The highest BCUT2D eigenvalue weighted by atomic mass is 19.4. The van der Waals surface area contributed by atoms with Crippen LogP contribution in [0.5, 0.6) is 0 Å². The van der Waals surface area contributed by atoms with Gasteiger partial charge in [0.05, 0.1) is 30.5 Å². The van der Waals surface area contributed by atoms with Crippen LogP contribution in [0.2, 0.25) is 0 Å². The van der Waals surface area contributed by atoms with Crippen molar-refractivity contribution in [3.63, 3.8) is 0 Å². The number of amides is 1. The van der Waals surface area contributed by atoms with Gasteiger partial charge in [0.25, 0.3) is 11.8 Å². The molecule has 0 aliphatic carbocycles. The highest BCUT2D eigenvalue weighted by Gasteiger charge is 2.34. The topological polar surface area (TPSA) is 85.8 Å². The molecular weight excluding hydrogens is 337 g/mol. The normalized spacial score (nSPS) is 12.2. The second-order valence-corrected chi connectivity index (χ2v) is 4.81. The number of rotatable bonds is 5. The zero-order valence-corrected chi connectivity index (χ0v) is 12.0. The van der Waals surface area contributed by atoms with Crippen LogP contribution in [0.1, 0.15) is 16.1 Å². The Balaban J connectivity index is 2.22. The Morgan fingerprint density at radius 3 is 2.50 bits per heavy atom. The first-order valence-electron chi connectivity index (χ1n) is 6.59. The molecule has 6 nitrogen and oxygen atoms in total. The molecule has 0 atom stereocenters. The van der Waals surface area contributed by atoms with Crippen LogP contribution in [0.3, 0.4) is 0 Å². The minimum Gasteiger partial charge on any atom is -0.344 e. The van der Waals surface area contributed by atoms with Gasteiger partial charge >= 0.3 is 6.18 Å². The molecule has 3 N–H and O–H groups in total. The number of nitrogens with zero attached hydrogens (tertiary/aromatic N) is 3. The van der Waals surface area contributed by atoms with E-state index in [9.17, 15) is 26.7 Å². The highest BCUT2D eigenvalue weighted by Crippen LogP contribution is 2.33. The van der Waals surface area contributed by atoms with E-state index < -0.39 is 42.4 Å². The van der Waals surface area contributed by atoms with Gasteiger partial charge in [-0.05, 0) is 12.1 Å². The first-order chi connectivity index (χ1) is 11.1. The van der Waals surface area contributed by atoms with Crippen LogP contribution >= 0.6 is 0 Å². The Hall–Kier alpha value is -2.56. The summed E-state index contributed by atoms with van der Waals surface area (Å²) in [4.78, 5) is 11.7. The van der Waals surface area contributed by atoms with E-state index in [2.05, 4.69) is 10.3 Å². The van der Waals surface area contributed by atoms with E-state index in [1.807, 2.05) is 5.32 Å². The fourth-order valence-corrected chi connectivity index (χ4v) is 1.77. The average molecular weight is 349 g/mol. The van der Waals surface area contributed by atoms with Crippen molar-refractivity contribution in [1.82, 2.24) is 20.3 Å². The third-order valence-corrected chi connectivity index (χ3v) is 2.99. The number of hydrogen-bond donors (Lipinski definition) is 2. The van der Waals surface area contributed by atoms with Gasteiger partial charge in [-0.1, -0.05) is 17.3 Å². The van der Waals surface area contributed by atoms with Gasteiger partial charge in [0.2, 0.25) is 0 Å². The summed E-state index contributed by atoms with van der Waals surface area (Å²) >= 11 is 0. The van der Waals surface area contributed by atoms with E-state index in [-0.39, 0.29) is 5.69 Å². The lowest BCUT2D eigenvalue weighted by Gasteiger charge is -2.13. The number of carbonyl (C=O) groups is 1. The zero-order valence-electron chi connectivity index (χ0n) is 12.0. The predicted octanol–water partition coefficient (Wildman–Crippen LogP) is 1.61. The van der Waals surface area contributed by atoms with Crippen LogP contribution in [0.15, 0.2) is 30.5 Å². The zero-order chi connectivity index (χ0) is 18.0. The van der Waals surface area contributed by atoms with E-state index in [0.717, 1.165) is 23.0 Å². The SMILES string of the molecule is NCC(F)(F)CNC(=O)c1cn(-c2ccccc2C(F)(F)F)nn1. The molecule has 0 aliphatic rings. The first-order valence-corrected chi connectivity index (χ1v) is 6.59. The Kier molecular flexibility index (Phi) is 4.83. The lowest BCUT2D eigenvalue weighted by molar-refractivity contribution is -0.137. The van der Waals surface area contributed by atoms with E-state index in [4.69, 9.17) is 5.73 Å². The van der Waals surface area contributed by atoms with Crippen LogP contribution in [-0.2, 0) is 6.18 Å². The molecular formula is C13H12F5N5O. The molecule has 1 aromatic carbocycles. The summed E-state index contributed by atoms with van der Waals surface area (Å²) in [7, 11) is 0. The number of alkyl halides is 5. The van der Waals surface area contributed by atoms with Gasteiger partial charge in [0, 0.05) is 0 Å². The number of aromatic nitrogens is 3. The van der Waals surface area contributed by atoms with Gasteiger partial charge in [-0.25, -0.2) is 13.5 Å². The summed E-state index contributed by atoms with van der Waals surface area (Å²) in [5, 5.41) is 8.73. The van der Waals surface area contributed by atoms with Gasteiger partial charge in [-0.3, -0.25) is 4.79 Å². The van der Waals surface area contributed by atoms with E-state index in [1.54, 1.807) is 0 Å². The number of nitrogens with two attached hydrogens (primary N) is 1. The molecule has 0 radical (unpaired) electrons. The van der Waals surface area contributed by atoms with Crippen molar-refractivity contribution in [2.24, 2.45) is 5.73 Å². The van der Waals surface area contributed by atoms with Crippen LogP contribution in [-0.4, -0.2) is 39.9 Å².